The lowest BCUT2D eigenvalue weighted by atomic mass is 10.2. The number of nitrogens with two attached hydrogens (primary N) is 1. The monoisotopic (exact) mass is 381 g/mol. The highest BCUT2D eigenvalue weighted by molar-refractivity contribution is 5.94. The van der Waals surface area contributed by atoms with E-state index in [0.717, 1.165) is 24.0 Å². The second-order valence-electron chi connectivity index (χ2n) is 8.06. The Morgan fingerprint density at radius 1 is 1.18 bits per heavy atom. The molecule has 4 rings (SSSR count). The molecule has 1 aromatic heterocycles. The maximum absolute atomic E-state index is 12.3. The number of amides is 2. The highest BCUT2D eigenvalue weighted by Crippen LogP contribution is 2.47. The number of hydrogen-bond acceptors (Lipinski definition) is 4. The fourth-order valence-electron chi connectivity index (χ4n) is 3.61. The summed E-state index contributed by atoms with van der Waals surface area (Å²) in [6, 6.07) is 11.4. The van der Waals surface area contributed by atoms with Crippen molar-refractivity contribution in [1.29, 1.82) is 0 Å². The minimum Gasteiger partial charge on any atom is -0.464 e. The molecule has 2 atom stereocenters. The minimum atomic E-state index is -0.477. The van der Waals surface area contributed by atoms with E-state index in [-0.39, 0.29) is 5.91 Å². The first-order valence-corrected chi connectivity index (χ1v) is 10.0. The molecule has 2 saturated carbocycles. The molecule has 1 heterocycles. The normalized spacial score (nSPS) is 20.9. The summed E-state index contributed by atoms with van der Waals surface area (Å²) in [5, 5.41) is 2.88. The summed E-state index contributed by atoms with van der Waals surface area (Å²) in [6.07, 6.45) is 4.01. The molecule has 0 radical (unpaired) electrons. The van der Waals surface area contributed by atoms with Gasteiger partial charge in [0.15, 0.2) is 0 Å². The van der Waals surface area contributed by atoms with Crippen LogP contribution in [0.5, 0.6) is 0 Å². The molecule has 2 fully saturated rings. The largest absolute Gasteiger partial charge is 0.464 e. The summed E-state index contributed by atoms with van der Waals surface area (Å²) in [5.74, 6) is 2.91. The Labute approximate surface area is 165 Å². The fraction of sp³-hybridized carbons (Fsp3) is 0.455. The van der Waals surface area contributed by atoms with Crippen LogP contribution in [0.2, 0.25) is 0 Å². The van der Waals surface area contributed by atoms with Gasteiger partial charge in [-0.3, -0.25) is 14.5 Å². The van der Waals surface area contributed by atoms with Crippen LogP contribution in [0, 0.1) is 5.92 Å². The third-order valence-corrected chi connectivity index (χ3v) is 5.66. The molecule has 0 bridgehead atoms. The van der Waals surface area contributed by atoms with E-state index in [0.29, 0.717) is 36.2 Å². The number of rotatable bonds is 9. The lowest BCUT2D eigenvalue weighted by Gasteiger charge is -2.20. The first-order valence-electron chi connectivity index (χ1n) is 10.0. The third kappa shape index (κ3) is 4.62. The molecule has 2 unspecified atom stereocenters. The van der Waals surface area contributed by atoms with Gasteiger partial charge in [0.05, 0.1) is 6.54 Å². The van der Waals surface area contributed by atoms with Crippen molar-refractivity contribution in [2.75, 3.05) is 11.9 Å². The zero-order valence-electron chi connectivity index (χ0n) is 16.2. The van der Waals surface area contributed by atoms with Crippen LogP contribution in [0.4, 0.5) is 5.69 Å². The molecule has 3 N–H and O–H groups in total. The van der Waals surface area contributed by atoms with Crippen molar-refractivity contribution in [1.82, 2.24) is 4.90 Å². The van der Waals surface area contributed by atoms with Gasteiger partial charge >= 0.3 is 0 Å². The second kappa shape index (κ2) is 7.80. The first kappa shape index (κ1) is 18.7. The van der Waals surface area contributed by atoms with Crippen LogP contribution in [0.3, 0.4) is 0 Å². The van der Waals surface area contributed by atoms with Gasteiger partial charge in [-0.2, -0.15) is 0 Å². The van der Waals surface area contributed by atoms with Gasteiger partial charge < -0.3 is 15.5 Å². The predicted octanol–water partition coefficient (Wildman–Crippen LogP) is 3.50. The van der Waals surface area contributed by atoms with Crippen LogP contribution in [-0.4, -0.2) is 29.3 Å². The Bertz CT molecular complexity index is 854. The summed E-state index contributed by atoms with van der Waals surface area (Å²) >= 11 is 0. The maximum Gasteiger partial charge on any atom is 0.248 e. The van der Waals surface area contributed by atoms with E-state index in [1.807, 2.05) is 0 Å². The van der Waals surface area contributed by atoms with Crippen molar-refractivity contribution < 1.29 is 14.0 Å². The SMILES string of the molecule is CC1CC1c1ccc(CN(CCC(=O)Nc2ccc(C(N)=O)cc2)C2CC2)o1. The maximum atomic E-state index is 12.3. The lowest BCUT2D eigenvalue weighted by Crippen LogP contribution is -2.29. The van der Waals surface area contributed by atoms with Crippen LogP contribution < -0.4 is 11.1 Å². The predicted molar refractivity (Wildman–Crippen MR) is 107 cm³/mol. The van der Waals surface area contributed by atoms with Gasteiger partial charge in [-0.1, -0.05) is 6.92 Å². The Morgan fingerprint density at radius 2 is 1.89 bits per heavy atom. The summed E-state index contributed by atoms with van der Waals surface area (Å²) in [4.78, 5) is 25.8. The highest BCUT2D eigenvalue weighted by Gasteiger charge is 2.37. The van der Waals surface area contributed by atoms with Gasteiger partial charge in [-0.15, -0.1) is 0 Å². The molecule has 6 heteroatoms. The average molecular weight is 381 g/mol. The van der Waals surface area contributed by atoms with Crippen molar-refractivity contribution in [3.05, 3.63) is 53.5 Å². The molecule has 28 heavy (non-hydrogen) atoms. The molecule has 0 spiro atoms. The molecule has 148 valence electrons. The minimum absolute atomic E-state index is 0.0376. The summed E-state index contributed by atoms with van der Waals surface area (Å²) < 4.78 is 6.04. The smallest absolute Gasteiger partial charge is 0.248 e. The van der Waals surface area contributed by atoms with Crippen LogP contribution in [-0.2, 0) is 11.3 Å². The van der Waals surface area contributed by atoms with Crippen molar-refractivity contribution in [2.45, 2.75) is 51.1 Å². The van der Waals surface area contributed by atoms with Crippen molar-refractivity contribution in [3.63, 3.8) is 0 Å². The molecule has 0 saturated heterocycles. The lowest BCUT2D eigenvalue weighted by molar-refractivity contribution is -0.116. The second-order valence-corrected chi connectivity index (χ2v) is 8.06. The van der Waals surface area contributed by atoms with Gasteiger partial charge in [-0.25, -0.2) is 0 Å². The third-order valence-electron chi connectivity index (χ3n) is 5.66. The zero-order chi connectivity index (χ0) is 19.7. The molecule has 2 aliphatic rings. The van der Waals surface area contributed by atoms with Gasteiger partial charge in [0.2, 0.25) is 11.8 Å². The first-order chi connectivity index (χ1) is 13.5. The molecule has 2 amide bonds. The molecule has 1 aromatic carbocycles. The fourth-order valence-corrected chi connectivity index (χ4v) is 3.61. The molecule has 0 aliphatic heterocycles. The van der Waals surface area contributed by atoms with Gasteiger partial charge in [0.1, 0.15) is 11.5 Å². The van der Waals surface area contributed by atoms with Gasteiger partial charge in [0.25, 0.3) is 0 Å². The number of furan rings is 1. The number of benzene rings is 1. The van der Waals surface area contributed by atoms with E-state index < -0.39 is 5.91 Å². The number of nitrogens with one attached hydrogen (secondary N) is 1. The Balaban J connectivity index is 1.28. The molecular formula is C22H27N3O3. The molecule has 2 aromatic rings. The summed E-state index contributed by atoms with van der Waals surface area (Å²) in [5.41, 5.74) is 6.33. The van der Waals surface area contributed by atoms with Gasteiger partial charge in [-0.05, 0) is 61.6 Å². The van der Waals surface area contributed by atoms with Crippen LogP contribution in [0.15, 0.2) is 40.8 Å². The summed E-state index contributed by atoms with van der Waals surface area (Å²) in [6.45, 7) is 3.71. The van der Waals surface area contributed by atoms with E-state index in [2.05, 4.69) is 29.3 Å². The van der Waals surface area contributed by atoms with E-state index in [1.165, 1.54) is 19.3 Å². The number of primary amides is 1. The van der Waals surface area contributed by atoms with Crippen LogP contribution in [0.25, 0.3) is 0 Å². The van der Waals surface area contributed by atoms with Crippen molar-refractivity contribution in [3.8, 4) is 0 Å². The van der Waals surface area contributed by atoms with Crippen molar-refractivity contribution >= 4 is 17.5 Å². The Hall–Kier alpha value is -2.60. The zero-order valence-corrected chi connectivity index (χ0v) is 16.2. The van der Waals surface area contributed by atoms with Gasteiger partial charge in [0, 0.05) is 36.2 Å². The van der Waals surface area contributed by atoms with E-state index in [4.69, 9.17) is 10.2 Å². The topological polar surface area (TPSA) is 88.6 Å². The molecule has 6 nitrogen and oxygen atoms in total. The van der Waals surface area contributed by atoms with Crippen LogP contribution in [0.1, 0.15) is 60.4 Å². The van der Waals surface area contributed by atoms with E-state index in [9.17, 15) is 9.59 Å². The van der Waals surface area contributed by atoms with E-state index in [1.54, 1.807) is 24.3 Å². The number of anilines is 1. The van der Waals surface area contributed by atoms with Crippen LogP contribution >= 0.6 is 0 Å². The molecule has 2 aliphatic carbocycles. The Morgan fingerprint density at radius 3 is 2.50 bits per heavy atom. The average Bonchev–Trinajstić information content (AvgIpc) is 3.59. The highest BCUT2D eigenvalue weighted by atomic mass is 16.3. The van der Waals surface area contributed by atoms with E-state index >= 15 is 0 Å². The summed E-state index contributed by atoms with van der Waals surface area (Å²) in [7, 11) is 0. The number of nitrogens with zero attached hydrogens (tertiary/aromatic N) is 1. The standard InChI is InChI=1S/C22H27N3O3/c1-14-12-19(14)20-9-8-18(28-20)13-25(17-6-7-17)11-10-21(26)24-16-4-2-15(3-5-16)22(23)27/h2-5,8-9,14,17,19H,6-7,10-13H2,1H3,(H2,23,27)(H,24,26). The Kier molecular flexibility index (Phi) is 5.22. The number of hydrogen-bond donors (Lipinski definition) is 2. The number of carbonyl (C=O) groups excluding carboxylic acids is 2. The van der Waals surface area contributed by atoms with Crippen molar-refractivity contribution in [2.24, 2.45) is 11.7 Å². The quantitative estimate of drug-likeness (QED) is 0.696. The number of carbonyl (C=O) groups is 2. The molecular weight excluding hydrogens is 354 g/mol.